The Hall–Kier alpha value is -0.830. The minimum absolute atomic E-state index is 0.599. The Balaban J connectivity index is 2.83. The van der Waals surface area contributed by atoms with Crippen molar-refractivity contribution >= 4 is 17.4 Å². The van der Waals surface area contributed by atoms with Gasteiger partial charge in [-0.25, -0.2) is 9.97 Å². The van der Waals surface area contributed by atoms with E-state index in [1.807, 2.05) is 7.05 Å². The van der Waals surface area contributed by atoms with Crippen molar-refractivity contribution in [2.24, 2.45) is 0 Å². The fourth-order valence-electron chi connectivity index (χ4n) is 0.868. The van der Waals surface area contributed by atoms with Crippen molar-refractivity contribution in [3.05, 3.63) is 18.1 Å². The van der Waals surface area contributed by atoms with Gasteiger partial charge in [0.15, 0.2) is 0 Å². The lowest BCUT2D eigenvalue weighted by molar-refractivity contribution is 1.05. The van der Waals surface area contributed by atoms with Crippen LogP contribution in [0.4, 0.5) is 5.82 Å². The van der Waals surface area contributed by atoms with E-state index < -0.39 is 0 Å². The predicted octanol–water partition coefficient (Wildman–Crippen LogP) is 1.30. The number of anilines is 1. The van der Waals surface area contributed by atoms with E-state index in [2.05, 4.69) is 15.3 Å². The lowest BCUT2D eigenvalue weighted by Crippen LogP contribution is -1.99. The zero-order valence-corrected chi connectivity index (χ0v) is 7.10. The highest BCUT2D eigenvalue weighted by Crippen LogP contribution is 2.09. The number of hydrogen-bond donors (Lipinski definition) is 1. The molecule has 0 fully saturated rings. The summed E-state index contributed by atoms with van der Waals surface area (Å²) in [5.41, 5.74) is 1.06. The number of nitrogens with one attached hydrogen (secondary N) is 1. The first-order valence-electron chi connectivity index (χ1n) is 3.41. The average molecular weight is 172 g/mol. The van der Waals surface area contributed by atoms with Gasteiger partial charge < -0.3 is 5.32 Å². The second-order valence-electron chi connectivity index (χ2n) is 2.09. The summed E-state index contributed by atoms with van der Waals surface area (Å²) in [6, 6.07) is 0. The van der Waals surface area contributed by atoms with Crippen LogP contribution < -0.4 is 5.32 Å². The van der Waals surface area contributed by atoms with E-state index in [4.69, 9.17) is 11.6 Å². The summed E-state index contributed by atoms with van der Waals surface area (Å²) in [4.78, 5) is 7.94. The molecular weight excluding hydrogens is 162 g/mol. The molecule has 60 valence electrons. The van der Waals surface area contributed by atoms with E-state index in [0.29, 0.717) is 5.88 Å². The molecule has 11 heavy (non-hydrogen) atoms. The van der Waals surface area contributed by atoms with E-state index in [9.17, 15) is 0 Å². The molecule has 0 saturated heterocycles. The Kier molecular flexibility index (Phi) is 3.11. The lowest BCUT2D eigenvalue weighted by Gasteiger charge is -2.03. The quantitative estimate of drug-likeness (QED) is 0.697. The Morgan fingerprint density at radius 3 is 3.09 bits per heavy atom. The summed E-state index contributed by atoms with van der Waals surface area (Å²) in [5.74, 6) is 1.46. The van der Waals surface area contributed by atoms with Crippen LogP contribution in [0, 0.1) is 0 Å². The molecule has 0 bridgehead atoms. The van der Waals surface area contributed by atoms with Gasteiger partial charge in [-0.1, -0.05) is 0 Å². The van der Waals surface area contributed by atoms with Crippen LogP contribution in [0.15, 0.2) is 12.5 Å². The maximum atomic E-state index is 5.58. The molecule has 0 aromatic carbocycles. The molecule has 1 aromatic heterocycles. The largest absolute Gasteiger partial charge is 0.373 e. The minimum Gasteiger partial charge on any atom is -0.373 e. The molecule has 3 nitrogen and oxygen atoms in total. The highest BCUT2D eigenvalue weighted by Gasteiger charge is 1.99. The standard InChI is InChI=1S/C7H10ClN3/c1-9-7-6(2-3-8)4-10-5-11-7/h4-5H,2-3H2,1H3,(H,9,10,11). The van der Waals surface area contributed by atoms with Crippen molar-refractivity contribution in [2.45, 2.75) is 6.42 Å². The molecule has 0 aliphatic heterocycles. The number of hydrogen-bond acceptors (Lipinski definition) is 3. The molecule has 1 heterocycles. The fraction of sp³-hybridized carbons (Fsp3) is 0.429. The first-order valence-corrected chi connectivity index (χ1v) is 3.94. The van der Waals surface area contributed by atoms with Crippen LogP contribution in [0.25, 0.3) is 0 Å². The molecule has 0 spiro atoms. The fourth-order valence-corrected chi connectivity index (χ4v) is 1.07. The monoisotopic (exact) mass is 171 g/mol. The number of aromatic nitrogens is 2. The summed E-state index contributed by atoms with van der Waals surface area (Å²) < 4.78 is 0. The topological polar surface area (TPSA) is 37.8 Å². The Morgan fingerprint density at radius 2 is 2.45 bits per heavy atom. The zero-order valence-electron chi connectivity index (χ0n) is 6.34. The van der Waals surface area contributed by atoms with E-state index in [0.717, 1.165) is 17.8 Å². The van der Waals surface area contributed by atoms with Gasteiger partial charge in [0.2, 0.25) is 0 Å². The summed E-state index contributed by atoms with van der Waals surface area (Å²) in [5, 5.41) is 2.97. The van der Waals surface area contributed by atoms with E-state index in [-0.39, 0.29) is 0 Å². The third-order valence-electron chi connectivity index (χ3n) is 1.39. The van der Waals surface area contributed by atoms with Gasteiger partial charge in [-0.3, -0.25) is 0 Å². The van der Waals surface area contributed by atoms with E-state index in [1.165, 1.54) is 6.33 Å². The smallest absolute Gasteiger partial charge is 0.132 e. The van der Waals surface area contributed by atoms with Crippen LogP contribution in [0.5, 0.6) is 0 Å². The third kappa shape index (κ3) is 2.05. The number of halogens is 1. The average Bonchev–Trinajstić information content (AvgIpc) is 2.06. The van der Waals surface area contributed by atoms with Crippen molar-refractivity contribution in [1.82, 2.24) is 9.97 Å². The van der Waals surface area contributed by atoms with Crippen LogP contribution in [-0.2, 0) is 6.42 Å². The first-order chi connectivity index (χ1) is 5.38. The molecular formula is C7H10ClN3. The predicted molar refractivity (Wildman–Crippen MR) is 46.0 cm³/mol. The molecule has 4 heteroatoms. The summed E-state index contributed by atoms with van der Waals surface area (Å²) >= 11 is 5.58. The Labute approximate surface area is 70.8 Å². The van der Waals surface area contributed by atoms with Crippen LogP contribution in [0.3, 0.4) is 0 Å². The maximum Gasteiger partial charge on any atom is 0.132 e. The number of alkyl halides is 1. The zero-order chi connectivity index (χ0) is 8.10. The molecule has 1 N–H and O–H groups in total. The van der Waals surface area contributed by atoms with Gasteiger partial charge in [-0.2, -0.15) is 0 Å². The number of aryl methyl sites for hydroxylation is 1. The van der Waals surface area contributed by atoms with Crippen molar-refractivity contribution in [3.63, 3.8) is 0 Å². The minimum atomic E-state index is 0.599. The van der Waals surface area contributed by atoms with Gasteiger partial charge in [-0.05, 0) is 6.42 Å². The molecule has 0 aliphatic rings. The number of rotatable bonds is 3. The third-order valence-corrected chi connectivity index (χ3v) is 1.58. The van der Waals surface area contributed by atoms with Crippen molar-refractivity contribution in [2.75, 3.05) is 18.2 Å². The molecule has 0 radical (unpaired) electrons. The molecule has 0 amide bonds. The van der Waals surface area contributed by atoms with Crippen molar-refractivity contribution in [1.29, 1.82) is 0 Å². The highest BCUT2D eigenvalue weighted by molar-refractivity contribution is 6.18. The Bertz CT molecular complexity index is 227. The van der Waals surface area contributed by atoms with E-state index in [1.54, 1.807) is 6.20 Å². The van der Waals surface area contributed by atoms with Gasteiger partial charge in [-0.15, -0.1) is 11.6 Å². The second-order valence-corrected chi connectivity index (χ2v) is 2.46. The van der Waals surface area contributed by atoms with Crippen molar-refractivity contribution in [3.8, 4) is 0 Å². The first kappa shape index (κ1) is 8.27. The summed E-state index contributed by atoms with van der Waals surface area (Å²) in [6.45, 7) is 0. The molecule has 0 saturated carbocycles. The highest BCUT2D eigenvalue weighted by atomic mass is 35.5. The van der Waals surface area contributed by atoms with Gasteiger partial charge in [0.05, 0.1) is 0 Å². The maximum absolute atomic E-state index is 5.58. The van der Waals surface area contributed by atoms with Crippen LogP contribution in [-0.4, -0.2) is 22.9 Å². The Morgan fingerprint density at radius 1 is 1.64 bits per heavy atom. The SMILES string of the molecule is CNc1ncncc1CCCl. The summed E-state index contributed by atoms with van der Waals surface area (Å²) in [7, 11) is 1.83. The molecule has 1 aromatic rings. The van der Waals surface area contributed by atoms with Crippen LogP contribution in [0.1, 0.15) is 5.56 Å². The lowest BCUT2D eigenvalue weighted by atomic mass is 10.2. The van der Waals surface area contributed by atoms with Gasteiger partial charge >= 0.3 is 0 Å². The normalized spacial score (nSPS) is 9.64. The van der Waals surface area contributed by atoms with E-state index >= 15 is 0 Å². The van der Waals surface area contributed by atoms with Crippen LogP contribution >= 0.6 is 11.6 Å². The summed E-state index contributed by atoms with van der Waals surface area (Å²) in [6.07, 6.45) is 4.10. The van der Waals surface area contributed by atoms with Gasteiger partial charge in [0.1, 0.15) is 12.1 Å². The van der Waals surface area contributed by atoms with Crippen LogP contribution in [0.2, 0.25) is 0 Å². The van der Waals surface area contributed by atoms with Crippen molar-refractivity contribution < 1.29 is 0 Å². The molecule has 0 unspecified atom stereocenters. The molecule has 0 atom stereocenters. The molecule has 1 rings (SSSR count). The number of nitrogens with zero attached hydrogens (tertiary/aromatic N) is 2. The molecule has 0 aliphatic carbocycles. The van der Waals surface area contributed by atoms with Gasteiger partial charge in [0.25, 0.3) is 0 Å². The van der Waals surface area contributed by atoms with Gasteiger partial charge in [0, 0.05) is 24.7 Å². The second kappa shape index (κ2) is 4.13.